The van der Waals surface area contributed by atoms with Crippen molar-refractivity contribution in [1.82, 2.24) is 0 Å². The minimum Gasteiger partial charge on any atom is -0.432 e. The van der Waals surface area contributed by atoms with Crippen LogP contribution in [-0.4, -0.2) is 87.5 Å². The first-order chi connectivity index (χ1) is 10.1. The Labute approximate surface area is 126 Å². The molecule has 1 rings (SSSR count). The molecule has 1 aliphatic heterocycles. The lowest BCUT2D eigenvalue weighted by Gasteiger charge is -2.39. The van der Waals surface area contributed by atoms with Crippen LogP contribution in [0.4, 0.5) is 0 Å². The molecule has 1 heterocycles. The quantitative estimate of drug-likeness (QED) is 0.214. The topological polar surface area (TPSA) is 180 Å². The number of hydrogen-bond acceptors (Lipinski definition) is 9. The van der Waals surface area contributed by atoms with Crippen LogP contribution in [0.5, 0.6) is 0 Å². The van der Waals surface area contributed by atoms with Gasteiger partial charge in [0.1, 0.15) is 30.5 Å². The van der Waals surface area contributed by atoms with Gasteiger partial charge in [-0.25, -0.2) is 0 Å². The predicted octanol–water partition coefficient (Wildman–Crippen LogP) is -3.05. The molecule has 7 N–H and O–H groups in total. The summed E-state index contributed by atoms with van der Waals surface area (Å²) in [5.41, 5.74) is 5.51. The van der Waals surface area contributed by atoms with Crippen molar-refractivity contribution in [2.75, 3.05) is 19.4 Å². The lowest BCUT2D eigenvalue weighted by molar-refractivity contribution is -0.293. The minimum atomic E-state index is -3.32. The van der Waals surface area contributed by atoms with Gasteiger partial charge in [0.25, 0.3) is 0 Å². The van der Waals surface area contributed by atoms with Crippen LogP contribution in [0.15, 0.2) is 0 Å². The van der Waals surface area contributed by atoms with Gasteiger partial charge in [-0.15, -0.1) is 0 Å². The second kappa shape index (κ2) is 7.80. The van der Waals surface area contributed by atoms with E-state index in [0.29, 0.717) is 0 Å². The van der Waals surface area contributed by atoms with E-state index in [1.165, 1.54) is 0 Å². The van der Waals surface area contributed by atoms with E-state index in [-0.39, 0.29) is 12.6 Å². The van der Waals surface area contributed by atoms with Crippen molar-refractivity contribution in [3.63, 3.8) is 0 Å². The molecular weight excluding hydrogens is 321 g/mol. The first-order valence-corrected chi connectivity index (χ1v) is 8.92. The van der Waals surface area contributed by atoms with Gasteiger partial charge >= 0.3 is 5.97 Å². The molecule has 0 spiro atoms. The summed E-state index contributed by atoms with van der Waals surface area (Å²) in [6.45, 7) is 0.469. The van der Waals surface area contributed by atoms with Crippen molar-refractivity contribution in [3.05, 3.63) is 0 Å². The van der Waals surface area contributed by atoms with Gasteiger partial charge in [0, 0.05) is 12.8 Å². The van der Waals surface area contributed by atoms with Crippen LogP contribution < -0.4 is 5.73 Å². The van der Waals surface area contributed by atoms with Crippen LogP contribution in [0.2, 0.25) is 0 Å². The Bertz CT molecular complexity index is 426. The third kappa shape index (κ3) is 5.25. The van der Waals surface area contributed by atoms with E-state index >= 15 is 0 Å². The highest BCUT2D eigenvalue weighted by Gasteiger charge is 2.45. The molecule has 11 heteroatoms. The number of aliphatic hydroxyl groups is 4. The van der Waals surface area contributed by atoms with Gasteiger partial charge in [-0.1, -0.05) is 0 Å². The van der Waals surface area contributed by atoms with Gasteiger partial charge in [0.05, 0.1) is 6.61 Å². The second-order valence-corrected chi connectivity index (χ2v) is 7.85. The number of ether oxygens (including phenoxy) is 2. The van der Waals surface area contributed by atoms with Crippen LogP contribution in [0.25, 0.3) is 0 Å². The molecule has 130 valence electrons. The lowest BCUT2D eigenvalue weighted by Crippen LogP contribution is -2.60. The molecule has 0 aromatic heterocycles. The fraction of sp³-hybridized carbons (Fsp3) is 0.909. The molecule has 22 heavy (non-hydrogen) atoms. The molecule has 0 bridgehead atoms. The Balaban J connectivity index is 2.60. The summed E-state index contributed by atoms with van der Waals surface area (Å²) in [5, 5.41) is 37.8. The second-order valence-electron chi connectivity index (χ2n) is 5.30. The molecule has 0 aromatic rings. The van der Waals surface area contributed by atoms with Crippen LogP contribution in [0.1, 0.15) is 6.42 Å². The molecule has 0 amide bonds. The number of carbonyl (C=O) groups is 1. The van der Waals surface area contributed by atoms with Crippen molar-refractivity contribution in [1.29, 1.82) is 0 Å². The Morgan fingerprint density at radius 1 is 1.32 bits per heavy atom. The zero-order chi connectivity index (χ0) is 17.1. The summed E-state index contributed by atoms with van der Waals surface area (Å²) in [6.07, 6.45) is -8.07. The Morgan fingerprint density at radius 2 is 1.91 bits per heavy atom. The summed E-state index contributed by atoms with van der Waals surface area (Å²) in [7, 11) is -3.32. The van der Waals surface area contributed by atoms with Crippen molar-refractivity contribution in [3.8, 4) is 0 Å². The van der Waals surface area contributed by atoms with E-state index in [2.05, 4.69) is 0 Å². The molecular formula is C11H22NO9P. The maximum absolute atomic E-state index is 11.7. The first kappa shape index (κ1) is 19.5. The van der Waals surface area contributed by atoms with Gasteiger partial charge in [-0.3, -0.25) is 9.36 Å². The van der Waals surface area contributed by atoms with Crippen molar-refractivity contribution >= 4 is 13.3 Å². The highest BCUT2D eigenvalue weighted by atomic mass is 31.2. The SMILES string of the molecule is CP(=O)(O)CCC(N)C(=O)OC1O[C@H](CO)[C@@H](O)[C@H](O)[C@H]1O. The summed E-state index contributed by atoms with van der Waals surface area (Å²) in [5.74, 6) is -1.00. The van der Waals surface area contributed by atoms with Gasteiger partial charge < -0.3 is 40.5 Å². The van der Waals surface area contributed by atoms with Crippen LogP contribution in [-0.2, 0) is 18.8 Å². The minimum absolute atomic E-state index is 0.111. The lowest BCUT2D eigenvalue weighted by atomic mass is 9.99. The van der Waals surface area contributed by atoms with Crippen molar-refractivity contribution in [2.45, 2.75) is 43.2 Å². The molecule has 0 aromatic carbocycles. The average Bonchev–Trinajstić information content (AvgIpc) is 2.44. The third-order valence-electron chi connectivity index (χ3n) is 3.24. The van der Waals surface area contributed by atoms with E-state index in [0.717, 1.165) is 6.66 Å². The molecule has 1 saturated heterocycles. The van der Waals surface area contributed by atoms with Crippen LogP contribution >= 0.6 is 7.37 Å². The van der Waals surface area contributed by atoms with E-state index in [1.54, 1.807) is 0 Å². The molecule has 0 saturated carbocycles. The zero-order valence-corrected chi connectivity index (χ0v) is 12.9. The maximum Gasteiger partial charge on any atom is 0.325 e. The van der Waals surface area contributed by atoms with Crippen molar-refractivity contribution < 1.29 is 44.2 Å². The number of hydrogen-bond donors (Lipinski definition) is 6. The Hall–Kier alpha value is -0.580. The average molecular weight is 343 g/mol. The summed E-state index contributed by atoms with van der Waals surface area (Å²) in [4.78, 5) is 20.9. The van der Waals surface area contributed by atoms with Crippen LogP contribution in [0.3, 0.4) is 0 Å². The standard InChI is InChI=1S/C11H22NO9P/c1-22(18,19)3-2-5(12)10(17)21-11-9(16)8(15)7(14)6(4-13)20-11/h5-9,11,13-16H,2-4,12H2,1H3,(H,18,19)/t5?,6-,7-,8+,9-,11?/m1/s1. The third-order valence-corrected chi connectivity index (χ3v) is 4.33. The summed E-state index contributed by atoms with van der Waals surface area (Å²) in [6, 6.07) is -1.22. The predicted molar refractivity (Wildman–Crippen MR) is 73.1 cm³/mol. The van der Waals surface area contributed by atoms with E-state index in [1.807, 2.05) is 0 Å². The highest BCUT2D eigenvalue weighted by Crippen LogP contribution is 2.36. The fourth-order valence-corrected chi connectivity index (χ4v) is 2.62. The normalized spacial score (nSPS) is 36.4. The molecule has 1 fully saturated rings. The van der Waals surface area contributed by atoms with Gasteiger partial charge in [0.2, 0.25) is 6.29 Å². The zero-order valence-electron chi connectivity index (χ0n) is 12.0. The molecule has 0 radical (unpaired) electrons. The van der Waals surface area contributed by atoms with Gasteiger partial charge in [-0.2, -0.15) is 0 Å². The monoisotopic (exact) mass is 343 g/mol. The highest BCUT2D eigenvalue weighted by molar-refractivity contribution is 7.57. The number of aliphatic hydroxyl groups excluding tert-OH is 4. The van der Waals surface area contributed by atoms with Gasteiger partial charge in [0.15, 0.2) is 7.37 Å². The smallest absolute Gasteiger partial charge is 0.325 e. The Kier molecular flexibility index (Phi) is 6.90. The number of carbonyl (C=O) groups excluding carboxylic acids is 1. The number of nitrogens with two attached hydrogens (primary N) is 1. The van der Waals surface area contributed by atoms with E-state index in [9.17, 15) is 24.7 Å². The maximum atomic E-state index is 11.7. The summed E-state index contributed by atoms with van der Waals surface area (Å²) < 4.78 is 20.9. The molecule has 1 aliphatic rings. The number of rotatable bonds is 6. The molecule has 3 unspecified atom stereocenters. The molecule has 7 atom stereocenters. The van der Waals surface area contributed by atoms with E-state index in [4.69, 9.17) is 25.2 Å². The molecule has 10 nitrogen and oxygen atoms in total. The first-order valence-electron chi connectivity index (χ1n) is 6.62. The fourth-order valence-electron chi connectivity index (χ4n) is 1.86. The van der Waals surface area contributed by atoms with Crippen LogP contribution in [0, 0.1) is 0 Å². The van der Waals surface area contributed by atoms with E-state index < -0.39 is 56.7 Å². The number of esters is 1. The van der Waals surface area contributed by atoms with Crippen molar-refractivity contribution in [2.24, 2.45) is 5.73 Å². The van der Waals surface area contributed by atoms with Gasteiger partial charge in [-0.05, 0) is 6.42 Å². The summed E-state index contributed by atoms with van der Waals surface area (Å²) >= 11 is 0. The largest absolute Gasteiger partial charge is 0.432 e. The molecule has 0 aliphatic carbocycles. The Morgan fingerprint density at radius 3 is 2.41 bits per heavy atom.